The maximum absolute atomic E-state index is 12.0. The van der Waals surface area contributed by atoms with Gasteiger partial charge in [0.15, 0.2) is 0 Å². The minimum Gasteiger partial charge on any atom is -0.328 e. The molecule has 1 saturated heterocycles. The number of rotatable bonds is 3. The molecule has 122 valence electrons. The molecule has 24 heavy (non-hydrogen) atoms. The van der Waals surface area contributed by atoms with E-state index in [9.17, 15) is 28.8 Å². The summed E-state index contributed by atoms with van der Waals surface area (Å²) in [6.07, 6.45) is 0. The van der Waals surface area contributed by atoms with Gasteiger partial charge in [0.2, 0.25) is 0 Å². The molecule has 0 radical (unpaired) electrons. The summed E-state index contributed by atoms with van der Waals surface area (Å²) in [4.78, 5) is 76.1. The molecule has 1 aromatic rings. The Kier molecular flexibility index (Phi) is 3.36. The van der Waals surface area contributed by atoms with Crippen molar-refractivity contribution in [1.82, 2.24) is 14.9 Å². The van der Waals surface area contributed by atoms with Crippen LogP contribution >= 0.6 is 0 Å². The monoisotopic (exact) mass is 331 g/mol. The molecule has 0 aliphatic carbocycles. The van der Waals surface area contributed by atoms with E-state index < -0.39 is 42.2 Å². The van der Waals surface area contributed by atoms with Gasteiger partial charge in [0.25, 0.3) is 11.8 Å². The van der Waals surface area contributed by atoms with Gasteiger partial charge < -0.3 is 4.84 Å². The standard InChI is InChI=1S/C14H9N3O7/c1-15-12(21)13(22)16(14(15)23)6-9(18)24-17-10(19)7-4-2-3-5-8(7)11(17)20/h2-5H,6H2,1H3. The number of urea groups is 1. The van der Waals surface area contributed by atoms with Crippen molar-refractivity contribution in [2.24, 2.45) is 0 Å². The summed E-state index contributed by atoms with van der Waals surface area (Å²) in [6, 6.07) is 4.87. The van der Waals surface area contributed by atoms with E-state index in [2.05, 4.69) is 4.84 Å². The quantitative estimate of drug-likeness (QED) is 0.402. The lowest BCUT2D eigenvalue weighted by atomic mass is 10.1. The van der Waals surface area contributed by atoms with E-state index in [-0.39, 0.29) is 16.2 Å². The van der Waals surface area contributed by atoms with Gasteiger partial charge in [-0.2, -0.15) is 0 Å². The number of carbonyl (C=O) groups excluding carboxylic acids is 6. The molecule has 0 bridgehead atoms. The summed E-state index contributed by atoms with van der Waals surface area (Å²) in [7, 11) is 1.08. The van der Waals surface area contributed by atoms with E-state index in [4.69, 9.17) is 0 Å². The second-order valence-corrected chi connectivity index (χ2v) is 4.95. The lowest BCUT2D eigenvalue weighted by molar-refractivity contribution is -0.169. The molecule has 0 saturated carbocycles. The number of hydrogen-bond acceptors (Lipinski definition) is 7. The molecular formula is C14H9N3O7. The van der Waals surface area contributed by atoms with E-state index in [1.807, 2.05) is 0 Å². The largest absolute Gasteiger partial charge is 0.353 e. The van der Waals surface area contributed by atoms with E-state index in [1.165, 1.54) is 12.1 Å². The van der Waals surface area contributed by atoms with E-state index in [1.54, 1.807) is 12.1 Å². The maximum Gasteiger partial charge on any atom is 0.353 e. The fourth-order valence-corrected chi connectivity index (χ4v) is 2.26. The topological polar surface area (TPSA) is 121 Å². The van der Waals surface area contributed by atoms with Crippen LogP contribution in [0.3, 0.4) is 0 Å². The minimum atomic E-state index is -1.21. The normalized spacial score (nSPS) is 17.0. The maximum atomic E-state index is 12.0. The van der Waals surface area contributed by atoms with Gasteiger partial charge in [0.05, 0.1) is 11.1 Å². The number of hydroxylamine groups is 2. The van der Waals surface area contributed by atoms with Crippen LogP contribution < -0.4 is 0 Å². The Morgan fingerprint density at radius 3 is 1.92 bits per heavy atom. The molecule has 3 rings (SSSR count). The number of carbonyl (C=O) groups is 6. The van der Waals surface area contributed by atoms with Crippen LogP contribution in [-0.2, 0) is 19.2 Å². The van der Waals surface area contributed by atoms with Crippen LogP contribution in [0.2, 0.25) is 0 Å². The third-order valence-corrected chi connectivity index (χ3v) is 3.49. The number of nitrogens with zero attached hydrogens (tertiary/aromatic N) is 3. The molecule has 0 N–H and O–H groups in total. The highest BCUT2D eigenvalue weighted by Crippen LogP contribution is 2.22. The van der Waals surface area contributed by atoms with Gasteiger partial charge in [-0.15, -0.1) is 0 Å². The summed E-state index contributed by atoms with van der Waals surface area (Å²) in [5.41, 5.74) is 0.136. The molecule has 10 nitrogen and oxygen atoms in total. The molecule has 0 atom stereocenters. The number of hydrogen-bond donors (Lipinski definition) is 0. The number of fused-ring (bicyclic) bond motifs is 1. The third-order valence-electron chi connectivity index (χ3n) is 3.49. The average Bonchev–Trinajstić information content (AvgIpc) is 2.91. The fraction of sp³-hybridized carbons (Fsp3) is 0.143. The third kappa shape index (κ3) is 2.12. The van der Waals surface area contributed by atoms with Crippen molar-refractivity contribution in [2.75, 3.05) is 13.6 Å². The smallest absolute Gasteiger partial charge is 0.328 e. The molecule has 2 aliphatic heterocycles. The SMILES string of the molecule is CN1C(=O)C(=O)N(CC(=O)ON2C(=O)c3ccccc3C2=O)C1=O. The van der Waals surface area contributed by atoms with Crippen molar-refractivity contribution < 1.29 is 33.6 Å². The predicted octanol–water partition coefficient (Wildman–Crippen LogP) is -0.839. The predicted molar refractivity (Wildman–Crippen MR) is 72.9 cm³/mol. The average molecular weight is 331 g/mol. The van der Waals surface area contributed by atoms with Gasteiger partial charge in [0, 0.05) is 7.05 Å². The molecule has 2 aliphatic rings. The Morgan fingerprint density at radius 2 is 1.46 bits per heavy atom. The number of likely N-dealkylation sites (N-methyl/N-ethyl adjacent to an activating group) is 1. The second-order valence-electron chi connectivity index (χ2n) is 4.95. The van der Waals surface area contributed by atoms with Crippen molar-refractivity contribution in [2.45, 2.75) is 0 Å². The highest BCUT2D eigenvalue weighted by molar-refractivity contribution is 6.44. The first-order valence-corrected chi connectivity index (χ1v) is 6.65. The summed E-state index contributed by atoms with van der Waals surface area (Å²) < 4.78 is 0. The second kappa shape index (κ2) is 5.26. The summed E-state index contributed by atoms with van der Waals surface area (Å²) >= 11 is 0. The van der Waals surface area contributed by atoms with Crippen molar-refractivity contribution in [3.05, 3.63) is 35.4 Å². The van der Waals surface area contributed by atoms with Gasteiger partial charge in [-0.05, 0) is 12.1 Å². The molecule has 10 heteroatoms. The highest BCUT2D eigenvalue weighted by Gasteiger charge is 2.44. The first kappa shape index (κ1) is 15.3. The first-order chi connectivity index (χ1) is 11.3. The van der Waals surface area contributed by atoms with Crippen LogP contribution in [0.25, 0.3) is 0 Å². The Labute approximate surface area is 134 Å². The van der Waals surface area contributed by atoms with Crippen LogP contribution in [0, 0.1) is 0 Å². The number of imide groups is 3. The molecule has 1 aromatic carbocycles. The summed E-state index contributed by atoms with van der Waals surface area (Å²) in [5, 5.41) is 0.254. The highest BCUT2D eigenvalue weighted by atomic mass is 16.7. The van der Waals surface area contributed by atoms with Gasteiger partial charge in [-0.1, -0.05) is 17.2 Å². The lowest BCUT2D eigenvalue weighted by Crippen LogP contribution is -2.40. The molecule has 0 unspecified atom stereocenters. The van der Waals surface area contributed by atoms with E-state index in [0.717, 1.165) is 7.05 Å². The molecule has 0 spiro atoms. The Hall–Kier alpha value is -3.56. The fourth-order valence-electron chi connectivity index (χ4n) is 2.26. The van der Waals surface area contributed by atoms with E-state index >= 15 is 0 Å². The Bertz CT molecular complexity index is 796. The lowest BCUT2D eigenvalue weighted by Gasteiger charge is -2.15. The van der Waals surface area contributed by atoms with Gasteiger partial charge in [0.1, 0.15) is 6.54 Å². The van der Waals surface area contributed by atoms with Crippen LogP contribution in [0.15, 0.2) is 24.3 Å². The Balaban J connectivity index is 1.72. The zero-order valence-corrected chi connectivity index (χ0v) is 12.2. The number of amides is 6. The Morgan fingerprint density at radius 1 is 0.917 bits per heavy atom. The van der Waals surface area contributed by atoms with Crippen LogP contribution in [0.1, 0.15) is 20.7 Å². The van der Waals surface area contributed by atoms with Crippen LogP contribution in [-0.4, -0.2) is 64.1 Å². The zero-order valence-electron chi connectivity index (χ0n) is 12.2. The molecule has 1 fully saturated rings. The minimum absolute atomic E-state index is 0.0681. The van der Waals surface area contributed by atoms with Gasteiger partial charge >= 0.3 is 23.8 Å². The van der Waals surface area contributed by atoms with Crippen molar-refractivity contribution in [3.8, 4) is 0 Å². The van der Waals surface area contributed by atoms with Crippen molar-refractivity contribution in [3.63, 3.8) is 0 Å². The number of benzene rings is 1. The summed E-state index contributed by atoms with van der Waals surface area (Å²) in [5.74, 6) is -5.17. The molecular weight excluding hydrogens is 322 g/mol. The van der Waals surface area contributed by atoms with Gasteiger partial charge in [-0.3, -0.25) is 24.1 Å². The summed E-state index contributed by atoms with van der Waals surface area (Å²) in [6.45, 7) is -0.902. The van der Waals surface area contributed by atoms with E-state index in [0.29, 0.717) is 9.80 Å². The molecule has 0 aromatic heterocycles. The molecule has 2 heterocycles. The van der Waals surface area contributed by atoms with Crippen molar-refractivity contribution >= 4 is 35.6 Å². The van der Waals surface area contributed by atoms with Crippen LogP contribution in [0.4, 0.5) is 4.79 Å². The van der Waals surface area contributed by atoms with Crippen molar-refractivity contribution in [1.29, 1.82) is 0 Å². The van der Waals surface area contributed by atoms with Crippen LogP contribution in [0.5, 0.6) is 0 Å². The zero-order chi connectivity index (χ0) is 17.6. The van der Waals surface area contributed by atoms with Gasteiger partial charge in [-0.25, -0.2) is 14.5 Å². The molecule has 6 amide bonds. The first-order valence-electron chi connectivity index (χ1n) is 6.65.